The highest BCUT2D eigenvalue weighted by molar-refractivity contribution is 5.96. The number of carbonyl (C=O) groups is 1. The molecule has 1 aromatic carbocycles. The van der Waals surface area contributed by atoms with Gasteiger partial charge in [0, 0.05) is 11.2 Å². The number of benzene rings is 1. The maximum Gasteiger partial charge on any atom is 0.254 e. The zero-order valence-electron chi connectivity index (χ0n) is 10.8. The van der Waals surface area contributed by atoms with E-state index in [0.29, 0.717) is 11.3 Å². The third kappa shape index (κ3) is 2.47. The SMILES string of the molecule is Cc1cc(N)cc(C(=O)NC2(C)CCCC2)c1F. The van der Waals surface area contributed by atoms with E-state index in [4.69, 9.17) is 5.73 Å². The first-order chi connectivity index (χ1) is 8.41. The highest BCUT2D eigenvalue weighted by Gasteiger charge is 2.31. The summed E-state index contributed by atoms with van der Waals surface area (Å²) in [6, 6.07) is 2.93. The van der Waals surface area contributed by atoms with Crippen molar-refractivity contribution in [2.45, 2.75) is 45.1 Å². The van der Waals surface area contributed by atoms with Gasteiger partial charge in [-0.05, 0) is 44.4 Å². The van der Waals surface area contributed by atoms with E-state index in [1.54, 1.807) is 6.92 Å². The van der Waals surface area contributed by atoms with Crippen LogP contribution in [0.5, 0.6) is 0 Å². The van der Waals surface area contributed by atoms with Crippen LogP contribution in [0.3, 0.4) is 0 Å². The first-order valence-corrected chi connectivity index (χ1v) is 6.29. The van der Waals surface area contributed by atoms with Crippen molar-refractivity contribution in [3.05, 3.63) is 29.1 Å². The standard InChI is InChI=1S/C14H19FN2O/c1-9-7-10(16)8-11(12(9)15)13(18)17-14(2)5-3-4-6-14/h7-8H,3-6,16H2,1-2H3,(H,17,18). The lowest BCUT2D eigenvalue weighted by Gasteiger charge is -2.25. The van der Waals surface area contributed by atoms with Crippen molar-refractivity contribution in [3.63, 3.8) is 0 Å². The van der Waals surface area contributed by atoms with E-state index < -0.39 is 5.82 Å². The summed E-state index contributed by atoms with van der Waals surface area (Å²) in [4.78, 5) is 12.1. The highest BCUT2D eigenvalue weighted by atomic mass is 19.1. The van der Waals surface area contributed by atoms with E-state index in [1.165, 1.54) is 12.1 Å². The van der Waals surface area contributed by atoms with Crippen molar-refractivity contribution in [2.24, 2.45) is 0 Å². The van der Waals surface area contributed by atoms with Gasteiger partial charge in [-0.25, -0.2) is 4.39 Å². The fraction of sp³-hybridized carbons (Fsp3) is 0.500. The Morgan fingerprint density at radius 3 is 2.61 bits per heavy atom. The summed E-state index contributed by atoms with van der Waals surface area (Å²) in [7, 11) is 0. The average Bonchev–Trinajstić information content (AvgIpc) is 2.70. The molecule has 1 aliphatic rings. The molecular formula is C14H19FN2O. The molecular weight excluding hydrogens is 231 g/mol. The lowest BCUT2D eigenvalue weighted by molar-refractivity contribution is 0.0904. The molecule has 4 heteroatoms. The fourth-order valence-electron chi connectivity index (χ4n) is 2.58. The predicted molar refractivity (Wildman–Crippen MR) is 69.9 cm³/mol. The zero-order chi connectivity index (χ0) is 13.3. The molecule has 0 heterocycles. The minimum atomic E-state index is -0.483. The van der Waals surface area contributed by atoms with Crippen molar-refractivity contribution in [3.8, 4) is 0 Å². The summed E-state index contributed by atoms with van der Waals surface area (Å²) in [6.45, 7) is 3.62. The van der Waals surface area contributed by atoms with Crippen molar-refractivity contribution in [1.29, 1.82) is 0 Å². The number of amides is 1. The van der Waals surface area contributed by atoms with Crippen LogP contribution in [-0.2, 0) is 0 Å². The van der Waals surface area contributed by atoms with Crippen LogP contribution in [0.2, 0.25) is 0 Å². The smallest absolute Gasteiger partial charge is 0.254 e. The molecule has 18 heavy (non-hydrogen) atoms. The van der Waals surface area contributed by atoms with Gasteiger partial charge in [-0.3, -0.25) is 4.79 Å². The van der Waals surface area contributed by atoms with Gasteiger partial charge < -0.3 is 11.1 Å². The van der Waals surface area contributed by atoms with Crippen molar-refractivity contribution in [1.82, 2.24) is 5.32 Å². The Labute approximate surface area is 107 Å². The third-order valence-electron chi connectivity index (χ3n) is 3.64. The van der Waals surface area contributed by atoms with Crippen LogP contribution in [0.25, 0.3) is 0 Å². The van der Waals surface area contributed by atoms with Gasteiger partial charge in [0.15, 0.2) is 0 Å². The minimum absolute atomic E-state index is 0.0422. The number of nitrogen functional groups attached to an aromatic ring is 1. The van der Waals surface area contributed by atoms with Crippen LogP contribution >= 0.6 is 0 Å². The van der Waals surface area contributed by atoms with Crippen LogP contribution in [-0.4, -0.2) is 11.4 Å². The Morgan fingerprint density at radius 2 is 2.00 bits per heavy atom. The first-order valence-electron chi connectivity index (χ1n) is 6.29. The molecule has 3 N–H and O–H groups in total. The van der Waals surface area contributed by atoms with Crippen molar-refractivity contribution in [2.75, 3.05) is 5.73 Å². The summed E-state index contributed by atoms with van der Waals surface area (Å²) in [5.41, 5.74) is 6.31. The molecule has 0 aliphatic heterocycles. The van der Waals surface area contributed by atoms with E-state index in [9.17, 15) is 9.18 Å². The zero-order valence-corrected chi connectivity index (χ0v) is 10.8. The van der Waals surface area contributed by atoms with Gasteiger partial charge in [0.2, 0.25) is 0 Å². The molecule has 0 bridgehead atoms. The van der Waals surface area contributed by atoms with Gasteiger partial charge in [0.1, 0.15) is 5.82 Å². The predicted octanol–water partition coefficient (Wildman–Crippen LogP) is 2.78. The number of rotatable bonds is 2. The van der Waals surface area contributed by atoms with Crippen LogP contribution < -0.4 is 11.1 Å². The average molecular weight is 250 g/mol. The second-order valence-electron chi connectivity index (χ2n) is 5.42. The molecule has 1 aromatic rings. The van der Waals surface area contributed by atoms with Crippen LogP contribution in [0.15, 0.2) is 12.1 Å². The molecule has 0 aromatic heterocycles. The van der Waals surface area contributed by atoms with E-state index in [1.807, 2.05) is 6.92 Å². The third-order valence-corrected chi connectivity index (χ3v) is 3.64. The lowest BCUT2D eigenvalue weighted by atomic mass is 9.99. The molecule has 3 nitrogen and oxygen atoms in total. The number of hydrogen-bond donors (Lipinski definition) is 2. The summed E-state index contributed by atoms with van der Waals surface area (Å²) >= 11 is 0. The Hall–Kier alpha value is -1.58. The minimum Gasteiger partial charge on any atom is -0.399 e. The molecule has 0 atom stereocenters. The Morgan fingerprint density at radius 1 is 1.39 bits per heavy atom. The van der Waals surface area contributed by atoms with Gasteiger partial charge in [0.05, 0.1) is 5.56 Å². The van der Waals surface area contributed by atoms with Gasteiger partial charge >= 0.3 is 0 Å². The Balaban J connectivity index is 2.23. The summed E-state index contributed by atoms with van der Waals surface area (Å²) in [5.74, 6) is -0.851. The molecule has 98 valence electrons. The molecule has 0 saturated heterocycles. The quantitative estimate of drug-likeness (QED) is 0.793. The van der Waals surface area contributed by atoms with Gasteiger partial charge in [-0.2, -0.15) is 0 Å². The first kappa shape index (κ1) is 12.9. The second kappa shape index (κ2) is 4.59. The Bertz CT molecular complexity index is 479. The molecule has 1 amide bonds. The molecule has 1 aliphatic carbocycles. The summed E-state index contributed by atoms with van der Waals surface area (Å²) < 4.78 is 13.9. The van der Waals surface area contributed by atoms with Crippen LogP contribution in [0, 0.1) is 12.7 Å². The monoisotopic (exact) mass is 250 g/mol. The number of anilines is 1. The molecule has 2 rings (SSSR count). The molecule has 1 fully saturated rings. The fourth-order valence-corrected chi connectivity index (χ4v) is 2.58. The maximum atomic E-state index is 13.9. The van der Waals surface area contributed by atoms with Crippen molar-refractivity contribution < 1.29 is 9.18 Å². The van der Waals surface area contributed by atoms with Crippen molar-refractivity contribution >= 4 is 11.6 Å². The lowest BCUT2D eigenvalue weighted by Crippen LogP contribution is -2.43. The van der Waals surface area contributed by atoms with Gasteiger partial charge in [-0.1, -0.05) is 12.8 Å². The highest BCUT2D eigenvalue weighted by Crippen LogP contribution is 2.29. The summed E-state index contributed by atoms with van der Waals surface area (Å²) in [6.07, 6.45) is 4.10. The number of hydrogen-bond acceptors (Lipinski definition) is 2. The number of halogens is 1. The number of carbonyl (C=O) groups excluding carboxylic acids is 1. The second-order valence-corrected chi connectivity index (χ2v) is 5.42. The Kier molecular flexibility index (Phi) is 3.28. The molecule has 1 saturated carbocycles. The van der Waals surface area contributed by atoms with E-state index in [2.05, 4.69) is 5.32 Å². The van der Waals surface area contributed by atoms with Gasteiger partial charge in [0.25, 0.3) is 5.91 Å². The number of nitrogens with two attached hydrogens (primary N) is 1. The van der Waals surface area contributed by atoms with E-state index in [-0.39, 0.29) is 17.0 Å². The van der Waals surface area contributed by atoms with Crippen LogP contribution in [0.4, 0.5) is 10.1 Å². The largest absolute Gasteiger partial charge is 0.399 e. The molecule has 0 radical (unpaired) electrons. The van der Waals surface area contributed by atoms with E-state index in [0.717, 1.165) is 25.7 Å². The number of aryl methyl sites for hydroxylation is 1. The topological polar surface area (TPSA) is 55.1 Å². The summed E-state index contributed by atoms with van der Waals surface area (Å²) in [5, 5.41) is 2.93. The van der Waals surface area contributed by atoms with E-state index >= 15 is 0 Å². The normalized spacial score (nSPS) is 17.7. The molecule has 0 spiro atoms. The van der Waals surface area contributed by atoms with Crippen LogP contribution in [0.1, 0.15) is 48.5 Å². The number of nitrogens with one attached hydrogen (secondary N) is 1. The molecule has 0 unspecified atom stereocenters. The maximum absolute atomic E-state index is 13.9. The van der Waals surface area contributed by atoms with Gasteiger partial charge in [-0.15, -0.1) is 0 Å².